The average molecular weight is 197 g/mol. The molecule has 0 unspecified atom stereocenters. The first-order chi connectivity index (χ1) is 6.74. The van der Waals surface area contributed by atoms with Gasteiger partial charge in [0.25, 0.3) is 0 Å². The first kappa shape index (κ1) is 12.0. The molecular weight excluding hydrogens is 170 g/mol. The fraction of sp³-hybridized carbons (Fsp3) is 1.00. The third-order valence-electron chi connectivity index (χ3n) is 3.58. The summed E-state index contributed by atoms with van der Waals surface area (Å²) in [5.74, 6) is 1.03. The number of likely N-dealkylation sites (tertiary alicyclic amines) is 1. The van der Waals surface area contributed by atoms with E-state index in [-0.39, 0.29) is 0 Å². The van der Waals surface area contributed by atoms with Gasteiger partial charge in [-0.25, -0.2) is 0 Å². The van der Waals surface area contributed by atoms with Crippen molar-refractivity contribution in [3.63, 3.8) is 0 Å². The van der Waals surface area contributed by atoms with E-state index < -0.39 is 0 Å². The molecule has 0 saturated carbocycles. The maximum atomic E-state index is 2.64. The SMILES string of the molecule is CCCC[C@H]1CCCN(C(C)C)CC1. The number of nitrogens with zero attached hydrogens (tertiary/aromatic N) is 1. The number of hydrogen-bond donors (Lipinski definition) is 0. The van der Waals surface area contributed by atoms with Gasteiger partial charge in [0.05, 0.1) is 0 Å². The Morgan fingerprint density at radius 1 is 1.21 bits per heavy atom. The molecule has 0 radical (unpaired) electrons. The van der Waals surface area contributed by atoms with E-state index in [1.807, 2.05) is 0 Å². The van der Waals surface area contributed by atoms with Crippen molar-refractivity contribution >= 4 is 0 Å². The van der Waals surface area contributed by atoms with E-state index >= 15 is 0 Å². The predicted molar refractivity (Wildman–Crippen MR) is 63.6 cm³/mol. The summed E-state index contributed by atoms with van der Waals surface area (Å²) < 4.78 is 0. The molecule has 1 fully saturated rings. The molecule has 84 valence electrons. The minimum absolute atomic E-state index is 0.750. The van der Waals surface area contributed by atoms with Crippen LogP contribution in [0.1, 0.15) is 59.3 Å². The smallest absolute Gasteiger partial charge is 0.00385 e. The summed E-state index contributed by atoms with van der Waals surface area (Å²) >= 11 is 0. The van der Waals surface area contributed by atoms with Gasteiger partial charge in [-0.15, -0.1) is 0 Å². The summed E-state index contributed by atoms with van der Waals surface area (Å²) in [6.07, 6.45) is 8.62. The molecule has 1 nitrogen and oxygen atoms in total. The second-order valence-electron chi connectivity index (χ2n) is 5.07. The molecular formula is C13H27N. The molecule has 0 amide bonds. The van der Waals surface area contributed by atoms with Crippen LogP contribution >= 0.6 is 0 Å². The van der Waals surface area contributed by atoms with E-state index in [2.05, 4.69) is 25.7 Å². The molecule has 14 heavy (non-hydrogen) atoms. The zero-order valence-electron chi connectivity index (χ0n) is 10.3. The van der Waals surface area contributed by atoms with Crippen LogP contribution in [0.4, 0.5) is 0 Å². The average Bonchev–Trinajstić information content (AvgIpc) is 2.39. The van der Waals surface area contributed by atoms with E-state index in [9.17, 15) is 0 Å². The monoisotopic (exact) mass is 197 g/mol. The highest BCUT2D eigenvalue weighted by molar-refractivity contribution is 4.72. The number of unbranched alkanes of at least 4 members (excludes halogenated alkanes) is 1. The fourth-order valence-electron chi connectivity index (χ4n) is 2.49. The maximum Gasteiger partial charge on any atom is 0.00385 e. The lowest BCUT2D eigenvalue weighted by Crippen LogP contribution is -2.31. The second-order valence-corrected chi connectivity index (χ2v) is 5.07. The van der Waals surface area contributed by atoms with Gasteiger partial charge in [-0.1, -0.05) is 26.2 Å². The van der Waals surface area contributed by atoms with Gasteiger partial charge in [-0.2, -0.15) is 0 Å². The van der Waals surface area contributed by atoms with Crippen molar-refractivity contribution in [1.82, 2.24) is 4.90 Å². The fourth-order valence-corrected chi connectivity index (χ4v) is 2.49. The Balaban J connectivity index is 2.26. The first-order valence-electron chi connectivity index (χ1n) is 6.48. The van der Waals surface area contributed by atoms with Crippen LogP contribution in [0.15, 0.2) is 0 Å². The first-order valence-corrected chi connectivity index (χ1v) is 6.48. The van der Waals surface area contributed by atoms with Gasteiger partial charge in [0.2, 0.25) is 0 Å². The van der Waals surface area contributed by atoms with Gasteiger partial charge in [-0.3, -0.25) is 0 Å². The standard InChI is InChI=1S/C13H27N/c1-4-5-7-13-8-6-10-14(11-9-13)12(2)3/h12-13H,4-11H2,1-3H3/t13-/m0/s1. The molecule has 1 heteroatoms. The lowest BCUT2D eigenvalue weighted by atomic mass is 9.95. The Kier molecular flexibility index (Phi) is 5.54. The third-order valence-corrected chi connectivity index (χ3v) is 3.58. The van der Waals surface area contributed by atoms with Crippen LogP contribution in [0.2, 0.25) is 0 Å². The summed E-state index contributed by atoms with van der Waals surface area (Å²) in [6.45, 7) is 9.63. The van der Waals surface area contributed by atoms with E-state index in [1.165, 1.54) is 51.6 Å². The summed E-state index contributed by atoms with van der Waals surface area (Å²) in [5.41, 5.74) is 0. The molecule has 0 aromatic carbocycles. The topological polar surface area (TPSA) is 3.24 Å². The zero-order chi connectivity index (χ0) is 10.4. The molecule has 0 aromatic rings. The van der Waals surface area contributed by atoms with Gasteiger partial charge in [0.15, 0.2) is 0 Å². The Labute approximate surface area is 89.9 Å². The highest BCUT2D eigenvalue weighted by atomic mass is 15.1. The minimum Gasteiger partial charge on any atom is -0.301 e. The molecule has 0 spiro atoms. The van der Waals surface area contributed by atoms with Gasteiger partial charge < -0.3 is 4.90 Å². The Morgan fingerprint density at radius 2 is 2.00 bits per heavy atom. The van der Waals surface area contributed by atoms with Crippen LogP contribution in [0, 0.1) is 5.92 Å². The van der Waals surface area contributed by atoms with Gasteiger partial charge in [0.1, 0.15) is 0 Å². The Hall–Kier alpha value is -0.0400. The van der Waals surface area contributed by atoms with Crippen LogP contribution < -0.4 is 0 Å². The number of hydrogen-bond acceptors (Lipinski definition) is 1. The predicted octanol–water partition coefficient (Wildman–Crippen LogP) is 3.69. The van der Waals surface area contributed by atoms with Crippen LogP contribution in [-0.4, -0.2) is 24.0 Å². The normalized spacial score (nSPS) is 25.3. The Morgan fingerprint density at radius 3 is 2.64 bits per heavy atom. The molecule has 1 aliphatic heterocycles. The molecule has 0 aliphatic carbocycles. The van der Waals surface area contributed by atoms with Gasteiger partial charge >= 0.3 is 0 Å². The van der Waals surface area contributed by atoms with Crippen molar-refractivity contribution in [2.75, 3.05) is 13.1 Å². The summed E-state index contributed by atoms with van der Waals surface area (Å²) in [4.78, 5) is 2.64. The van der Waals surface area contributed by atoms with Crippen LogP contribution in [-0.2, 0) is 0 Å². The summed E-state index contributed by atoms with van der Waals surface area (Å²) in [5, 5.41) is 0. The third kappa shape index (κ3) is 4.00. The Bertz CT molecular complexity index is 142. The van der Waals surface area contributed by atoms with E-state index in [0.29, 0.717) is 0 Å². The zero-order valence-corrected chi connectivity index (χ0v) is 10.3. The molecule has 0 N–H and O–H groups in total. The van der Waals surface area contributed by atoms with Crippen molar-refractivity contribution in [1.29, 1.82) is 0 Å². The molecule has 1 heterocycles. The summed E-state index contributed by atoms with van der Waals surface area (Å²) in [6, 6.07) is 0.750. The molecule has 1 atom stereocenters. The molecule has 0 aromatic heterocycles. The van der Waals surface area contributed by atoms with Crippen molar-refractivity contribution < 1.29 is 0 Å². The lowest BCUT2D eigenvalue weighted by Gasteiger charge is -2.24. The second kappa shape index (κ2) is 6.44. The van der Waals surface area contributed by atoms with E-state index in [0.717, 1.165) is 12.0 Å². The van der Waals surface area contributed by atoms with E-state index in [1.54, 1.807) is 0 Å². The highest BCUT2D eigenvalue weighted by Crippen LogP contribution is 2.23. The van der Waals surface area contributed by atoms with Gasteiger partial charge in [0, 0.05) is 6.04 Å². The van der Waals surface area contributed by atoms with Crippen molar-refractivity contribution in [3.05, 3.63) is 0 Å². The van der Waals surface area contributed by atoms with E-state index in [4.69, 9.17) is 0 Å². The molecule has 1 saturated heterocycles. The van der Waals surface area contributed by atoms with Crippen LogP contribution in [0.5, 0.6) is 0 Å². The molecule has 0 bridgehead atoms. The maximum absolute atomic E-state index is 2.64. The lowest BCUT2D eigenvalue weighted by molar-refractivity contribution is 0.227. The van der Waals surface area contributed by atoms with Crippen molar-refractivity contribution in [3.8, 4) is 0 Å². The highest BCUT2D eigenvalue weighted by Gasteiger charge is 2.17. The van der Waals surface area contributed by atoms with Crippen LogP contribution in [0.25, 0.3) is 0 Å². The van der Waals surface area contributed by atoms with Crippen molar-refractivity contribution in [2.24, 2.45) is 5.92 Å². The quantitative estimate of drug-likeness (QED) is 0.664. The molecule has 1 aliphatic rings. The summed E-state index contributed by atoms with van der Waals surface area (Å²) in [7, 11) is 0. The van der Waals surface area contributed by atoms with Crippen molar-refractivity contribution in [2.45, 2.75) is 65.3 Å². The largest absolute Gasteiger partial charge is 0.301 e. The van der Waals surface area contributed by atoms with Gasteiger partial charge in [-0.05, 0) is 52.1 Å². The number of rotatable bonds is 4. The minimum atomic E-state index is 0.750. The van der Waals surface area contributed by atoms with Crippen LogP contribution in [0.3, 0.4) is 0 Å². The molecule has 1 rings (SSSR count).